The molecule has 0 aromatic heterocycles. The molecule has 0 aliphatic rings. The van der Waals surface area contributed by atoms with Crippen molar-refractivity contribution in [1.82, 2.24) is 5.32 Å². The number of benzene rings is 1. The summed E-state index contributed by atoms with van der Waals surface area (Å²) in [5, 5.41) is 11.9. The first-order valence-corrected chi connectivity index (χ1v) is 6.76. The normalized spacial score (nSPS) is 10.2. The lowest BCUT2D eigenvalue weighted by molar-refractivity contribution is -0.121. The summed E-state index contributed by atoms with van der Waals surface area (Å²) in [7, 11) is 0. The Balaban J connectivity index is 2.26. The predicted molar refractivity (Wildman–Crippen MR) is 74.0 cm³/mol. The molecule has 0 radical (unpaired) electrons. The van der Waals surface area contributed by atoms with E-state index in [9.17, 15) is 4.79 Å². The molecule has 0 unspecified atom stereocenters. The molecule has 1 aromatic rings. The van der Waals surface area contributed by atoms with E-state index in [1.807, 2.05) is 0 Å². The highest BCUT2D eigenvalue weighted by molar-refractivity contribution is 9.10. The summed E-state index contributed by atoms with van der Waals surface area (Å²) in [6, 6.07) is 5.21. The molecule has 0 spiro atoms. The van der Waals surface area contributed by atoms with E-state index in [1.165, 1.54) is 0 Å². The van der Waals surface area contributed by atoms with Gasteiger partial charge in [-0.25, -0.2) is 0 Å². The number of aliphatic hydroxyl groups is 1. The fourth-order valence-electron chi connectivity index (χ4n) is 1.24. The number of aliphatic hydroxyl groups excluding tert-OH is 1. The molecule has 0 saturated carbocycles. The molecule has 2 N–H and O–H groups in total. The number of hydrogen-bond donors (Lipinski definition) is 2. The van der Waals surface area contributed by atoms with Crippen molar-refractivity contribution < 1.29 is 14.6 Å². The second kappa shape index (κ2) is 8.34. The molecule has 0 fully saturated rings. The van der Waals surface area contributed by atoms with E-state index in [2.05, 4.69) is 21.2 Å². The summed E-state index contributed by atoms with van der Waals surface area (Å²) in [4.78, 5) is 11.3. The third-order valence-corrected chi connectivity index (χ3v) is 2.99. The molecule has 1 aromatic carbocycles. The number of ether oxygens (including phenoxy) is 1. The van der Waals surface area contributed by atoms with Crippen LogP contribution in [0.15, 0.2) is 22.7 Å². The molecule has 6 heteroatoms. The second-order valence-corrected chi connectivity index (χ2v) is 4.89. The van der Waals surface area contributed by atoms with Crippen molar-refractivity contribution in [3.05, 3.63) is 27.7 Å². The minimum Gasteiger partial charge on any atom is -0.492 e. The first-order valence-electron chi connectivity index (χ1n) is 5.59. The van der Waals surface area contributed by atoms with Crippen molar-refractivity contribution in [3.63, 3.8) is 0 Å². The predicted octanol–water partition coefficient (Wildman–Crippen LogP) is 2.37. The number of halogens is 2. The SMILES string of the molecule is O=C(CCOc1ccc(Cl)cc1Br)NCCCO. The second-order valence-electron chi connectivity index (χ2n) is 3.60. The van der Waals surface area contributed by atoms with E-state index in [-0.39, 0.29) is 18.9 Å². The molecule has 0 aliphatic heterocycles. The maximum Gasteiger partial charge on any atom is 0.223 e. The maximum atomic E-state index is 11.3. The Morgan fingerprint density at radius 3 is 2.94 bits per heavy atom. The first kappa shape index (κ1) is 15.3. The van der Waals surface area contributed by atoms with Crippen LogP contribution in [0.25, 0.3) is 0 Å². The van der Waals surface area contributed by atoms with Crippen molar-refractivity contribution in [1.29, 1.82) is 0 Å². The van der Waals surface area contributed by atoms with Gasteiger partial charge >= 0.3 is 0 Å². The van der Waals surface area contributed by atoms with Crippen molar-refractivity contribution in [2.75, 3.05) is 19.8 Å². The summed E-state index contributed by atoms with van der Waals surface area (Å²) in [5.74, 6) is 0.566. The van der Waals surface area contributed by atoms with Crippen LogP contribution >= 0.6 is 27.5 Å². The summed E-state index contributed by atoms with van der Waals surface area (Å²) in [6.45, 7) is 0.861. The highest BCUT2D eigenvalue weighted by Gasteiger charge is 2.04. The summed E-state index contributed by atoms with van der Waals surface area (Å²) < 4.78 is 6.21. The van der Waals surface area contributed by atoms with E-state index >= 15 is 0 Å². The molecule has 0 bridgehead atoms. The smallest absolute Gasteiger partial charge is 0.223 e. The van der Waals surface area contributed by atoms with Crippen LogP contribution < -0.4 is 10.1 Å². The van der Waals surface area contributed by atoms with Crippen LogP contribution in [-0.2, 0) is 4.79 Å². The van der Waals surface area contributed by atoms with Gasteiger partial charge in [0.25, 0.3) is 0 Å². The van der Waals surface area contributed by atoms with E-state index in [0.29, 0.717) is 30.3 Å². The van der Waals surface area contributed by atoms with Crippen LogP contribution in [0.3, 0.4) is 0 Å². The average Bonchev–Trinajstić information content (AvgIpc) is 2.32. The summed E-state index contributed by atoms with van der Waals surface area (Å²) >= 11 is 9.13. The lowest BCUT2D eigenvalue weighted by Gasteiger charge is -2.08. The van der Waals surface area contributed by atoms with E-state index in [0.717, 1.165) is 4.47 Å². The van der Waals surface area contributed by atoms with Crippen LogP contribution in [-0.4, -0.2) is 30.8 Å². The van der Waals surface area contributed by atoms with Gasteiger partial charge in [0, 0.05) is 18.2 Å². The van der Waals surface area contributed by atoms with Gasteiger partial charge in [-0.3, -0.25) is 4.79 Å². The highest BCUT2D eigenvalue weighted by Crippen LogP contribution is 2.27. The number of rotatable bonds is 7. The lowest BCUT2D eigenvalue weighted by Crippen LogP contribution is -2.26. The Morgan fingerprint density at radius 1 is 1.50 bits per heavy atom. The fraction of sp³-hybridized carbons (Fsp3) is 0.417. The van der Waals surface area contributed by atoms with Gasteiger partial charge in [0.05, 0.1) is 17.5 Å². The molecule has 100 valence electrons. The highest BCUT2D eigenvalue weighted by atomic mass is 79.9. The molecular formula is C12H15BrClNO3. The van der Waals surface area contributed by atoms with Crippen molar-refractivity contribution >= 4 is 33.4 Å². The van der Waals surface area contributed by atoms with Crippen molar-refractivity contribution in [2.24, 2.45) is 0 Å². The minimum absolute atomic E-state index is 0.0779. The maximum absolute atomic E-state index is 11.3. The van der Waals surface area contributed by atoms with Gasteiger partial charge in [-0.15, -0.1) is 0 Å². The van der Waals surface area contributed by atoms with Gasteiger partial charge in [-0.1, -0.05) is 11.6 Å². The van der Waals surface area contributed by atoms with Gasteiger partial charge in [0.15, 0.2) is 0 Å². The monoisotopic (exact) mass is 335 g/mol. The number of nitrogens with one attached hydrogen (secondary N) is 1. The molecular weight excluding hydrogens is 321 g/mol. The van der Waals surface area contributed by atoms with Crippen LogP contribution in [0.2, 0.25) is 5.02 Å². The molecule has 18 heavy (non-hydrogen) atoms. The zero-order valence-electron chi connectivity index (χ0n) is 9.79. The molecule has 0 saturated heterocycles. The third kappa shape index (κ3) is 5.71. The van der Waals surface area contributed by atoms with Crippen molar-refractivity contribution in [2.45, 2.75) is 12.8 Å². The van der Waals surface area contributed by atoms with Gasteiger partial charge in [-0.05, 0) is 40.5 Å². The first-order chi connectivity index (χ1) is 8.63. The van der Waals surface area contributed by atoms with Crippen LogP contribution in [0.1, 0.15) is 12.8 Å². The van der Waals surface area contributed by atoms with Gasteiger partial charge in [0.2, 0.25) is 5.91 Å². The van der Waals surface area contributed by atoms with Gasteiger partial charge < -0.3 is 15.2 Å². The standard InChI is InChI=1S/C12H15BrClNO3/c13-10-8-9(14)2-3-11(10)18-7-4-12(17)15-5-1-6-16/h2-3,8,16H,1,4-7H2,(H,15,17). The minimum atomic E-state index is -0.0893. The largest absolute Gasteiger partial charge is 0.492 e. The Labute approximate surface area is 119 Å². The summed E-state index contributed by atoms with van der Waals surface area (Å²) in [6.07, 6.45) is 0.843. The Morgan fingerprint density at radius 2 is 2.28 bits per heavy atom. The van der Waals surface area contributed by atoms with Crippen LogP contribution in [0, 0.1) is 0 Å². The quantitative estimate of drug-likeness (QED) is 0.752. The Bertz CT molecular complexity index is 401. The molecule has 0 heterocycles. The Hall–Kier alpha value is -0.780. The zero-order valence-corrected chi connectivity index (χ0v) is 12.1. The van der Waals surface area contributed by atoms with Gasteiger partial charge in [0.1, 0.15) is 5.75 Å². The van der Waals surface area contributed by atoms with Crippen LogP contribution in [0.5, 0.6) is 5.75 Å². The average molecular weight is 337 g/mol. The number of hydrogen-bond acceptors (Lipinski definition) is 3. The zero-order chi connectivity index (χ0) is 13.4. The van der Waals surface area contributed by atoms with E-state index in [1.54, 1.807) is 18.2 Å². The number of carbonyl (C=O) groups excluding carboxylic acids is 1. The lowest BCUT2D eigenvalue weighted by atomic mass is 10.3. The molecule has 4 nitrogen and oxygen atoms in total. The number of amides is 1. The summed E-state index contributed by atoms with van der Waals surface area (Å²) in [5.41, 5.74) is 0. The van der Waals surface area contributed by atoms with Crippen LogP contribution in [0.4, 0.5) is 0 Å². The molecule has 0 atom stereocenters. The van der Waals surface area contributed by atoms with Gasteiger partial charge in [-0.2, -0.15) is 0 Å². The fourth-order valence-corrected chi connectivity index (χ4v) is 2.04. The molecule has 1 amide bonds. The Kier molecular flexibility index (Phi) is 7.08. The van der Waals surface area contributed by atoms with E-state index < -0.39 is 0 Å². The third-order valence-electron chi connectivity index (χ3n) is 2.14. The topological polar surface area (TPSA) is 58.6 Å². The number of carbonyl (C=O) groups is 1. The van der Waals surface area contributed by atoms with Crippen molar-refractivity contribution in [3.8, 4) is 5.75 Å². The molecule has 0 aliphatic carbocycles. The van der Waals surface area contributed by atoms with E-state index in [4.69, 9.17) is 21.4 Å². The molecule has 1 rings (SSSR count).